The van der Waals surface area contributed by atoms with E-state index < -0.39 is 0 Å². The average Bonchev–Trinajstić information content (AvgIpc) is 2.25. The Balaban J connectivity index is 2.21. The second-order valence-electron chi connectivity index (χ2n) is 4.10. The van der Waals surface area contributed by atoms with Crippen LogP contribution in [0.5, 0.6) is 0 Å². The van der Waals surface area contributed by atoms with Gasteiger partial charge in [0.25, 0.3) is 0 Å². The molecule has 0 aliphatic heterocycles. The molecule has 0 atom stereocenters. The van der Waals surface area contributed by atoms with Crippen molar-refractivity contribution in [2.45, 2.75) is 25.7 Å². The zero-order chi connectivity index (χ0) is 10.7. The molecular formula is C13H16NO+. The predicted octanol–water partition coefficient (Wildman–Crippen LogP) is 2.04. The van der Waals surface area contributed by atoms with Gasteiger partial charge in [0.1, 0.15) is 7.05 Å². The van der Waals surface area contributed by atoms with Crippen LogP contribution < -0.4 is 4.57 Å². The molecule has 0 N–H and O–H groups in total. The van der Waals surface area contributed by atoms with Gasteiger partial charge in [-0.15, -0.1) is 0 Å². The van der Waals surface area contributed by atoms with Gasteiger partial charge in [-0.25, -0.2) is 4.57 Å². The molecule has 2 nitrogen and oxygen atoms in total. The summed E-state index contributed by atoms with van der Waals surface area (Å²) in [6.07, 6.45) is 9.91. The fraction of sp³-hybridized carbons (Fsp3) is 0.385. The molecule has 2 heteroatoms. The number of carbonyl (C=O) groups excluding carboxylic acids is 1. The van der Waals surface area contributed by atoms with Crippen molar-refractivity contribution < 1.29 is 9.36 Å². The molecule has 78 valence electrons. The van der Waals surface area contributed by atoms with Gasteiger partial charge in [-0.3, -0.25) is 4.79 Å². The number of hydrogen-bond acceptors (Lipinski definition) is 1. The molecule has 1 heterocycles. The minimum Gasteiger partial charge on any atom is -0.295 e. The zero-order valence-corrected chi connectivity index (χ0v) is 9.07. The number of rotatable bonds is 1. The Hall–Kier alpha value is -1.44. The Kier molecular flexibility index (Phi) is 2.95. The van der Waals surface area contributed by atoms with Crippen molar-refractivity contribution in [3.8, 4) is 0 Å². The van der Waals surface area contributed by atoms with Crippen molar-refractivity contribution in [3.05, 3.63) is 35.7 Å². The van der Waals surface area contributed by atoms with E-state index in [-0.39, 0.29) is 0 Å². The van der Waals surface area contributed by atoms with Crippen LogP contribution in [-0.2, 0) is 11.8 Å². The number of aryl methyl sites for hydroxylation is 1. The molecule has 0 unspecified atom stereocenters. The molecule has 0 radical (unpaired) electrons. The van der Waals surface area contributed by atoms with E-state index in [4.69, 9.17) is 0 Å². The molecular weight excluding hydrogens is 186 g/mol. The second kappa shape index (κ2) is 4.39. The normalized spacial score (nSPS) is 19.5. The van der Waals surface area contributed by atoms with Crippen molar-refractivity contribution in [3.63, 3.8) is 0 Å². The van der Waals surface area contributed by atoms with Crippen molar-refractivity contribution in [2.75, 3.05) is 0 Å². The van der Waals surface area contributed by atoms with Crippen LogP contribution in [0.2, 0.25) is 0 Å². The fourth-order valence-corrected chi connectivity index (χ4v) is 1.86. The Morgan fingerprint density at radius 2 is 1.87 bits per heavy atom. The van der Waals surface area contributed by atoms with Crippen LogP contribution >= 0.6 is 0 Å². The summed E-state index contributed by atoms with van der Waals surface area (Å²) in [5.74, 6) is 0.328. The van der Waals surface area contributed by atoms with Crippen molar-refractivity contribution >= 4 is 11.9 Å². The Morgan fingerprint density at radius 3 is 2.53 bits per heavy atom. The maximum Gasteiger partial charge on any atom is 0.169 e. The van der Waals surface area contributed by atoms with E-state index in [2.05, 4.69) is 0 Å². The summed E-state index contributed by atoms with van der Waals surface area (Å²) in [4.78, 5) is 11.6. The van der Waals surface area contributed by atoms with Gasteiger partial charge in [-0.1, -0.05) is 0 Å². The topological polar surface area (TPSA) is 20.9 Å². The molecule has 0 bridgehead atoms. The summed E-state index contributed by atoms with van der Waals surface area (Å²) < 4.78 is 1.99. The highest BCUT2D eigenvalue weighted by molar-refractivity contribution is 6.00. The largest absolute Gasteiger partial charge is 0.295 e. The molecule has 15 heavy (non-hydrogen) atoms. The first-order valence-electron chi connectivity index (χ1n) is 5.45. The number of carbonyl (C=O) groups is 1. The summed E-state index contributed by atoms with van der Waals surface area (Å²) in [6.45, 7) is 0. The van der Waals surface area contributed by atoms with Gasteiger partial charge in [0, 0.05) is 18.6 Å². The second-order valence-corrected chi connectivity index (χ2v) is 4.10. The predicted molar refractivity (Wildman–Crippen MR) is 59.1 cm³/mol. The van der Waals surface area contributed by atoms with Gasteiger partial charge in [-0.2, -0.15) is 0 Å². The highest BCUT2D eigenvalue weighted by Crippen LogP contribution is 2.21. The maximum absolute atomic E-state index is 11.6. The van der Waals surface area contributed by atoms with Crippen LogP contribution in [0.3, 0.4) is 0 Å². The van der Waals surface area contributed by atoms with E-state index in [0.29, 0.717) is 5.78 Å². The van der Waals surface area contributed by atoms with Gasteiger partial charge in [-0.05, 0) is 36.5 Å². The first-order valence-corrected chi connectivity index (χ1v) is 5.45. The van der Waals surface area contributed by atoms with E-state index in [0.717, 1.165) is 36.8 Å². The molecule has 1 fully saturated rings. The van der Waals surface area contributed by atoms with Crippen LogP contribution in [0, 0.1) is 0 Å². The number of aromatic nitrogens is 1. The lowest BCUT2D eigenvalue weighted by molar-refractivity contribution is -0.671. The molecule has 1 aromatic rings. The number of pyridine rings is 1. The lowest BCUT2D eigenvalue weighted by Gasteiger charge is -2.11. The summed E-state index contributed by atoms with van der Waals surface area (Å²) in [6, 6.07) is 4.07. The molecule has 0 spiro atoms. The summed E-state index contributed by atoms with van der Waals surface area (Å²) in [5.41, 5.74) is 2.12. The first kappa shape index (κ1) is 10.1. The number of hydrogen-bond donors (Lipinski definition) is 0. The van der Waals surface area contributed by atoms with Crippen LogP contribution in [0.1, 0.15) is 31.2 Å². The molecule has 1 aliphatic rings. The van der Waals surface area contributed by atoms with E-state index in [1.807, 2.05) is 42.2 Å². The Labute approximate surface area is 90.2 Å². The van der Waals surface area contributed by atoms with Gasteiger partial charge < -0.3 is 0 Å². The average molecular weight is 202 g/mol. The quantitative estimate of drug-likeness (QED) is 0.504. The molecule has 2 rings (SSSR count). The number of nitrogens with zero attached hydrogens (tertiary/aromatic N) is 1. The van der Waals surface area contributed by atoms with Crippen LogP contribution in [0.4, 0.5) is 0 Å². The molecule has 1 saturated carbocycles. The molecule has 1 aromatic heterocycles. The van der Waals surface area contributed by atoms with E-state index >= 15 is 0 Å². The van der Waals surface area contributed by atoms with E-state index in [1.165, 1.54) is 0 Å². The smallest absolute Gasteiger partial charge is 0.169 e. The summed E-state index contributed by atoms with van der Waals surface area (Å²) in [7, 11) is 1.99. The standard InChI is InChI=1S/C13H16NO/c1-14-8-6-11(7-9-14)10-12-4-2-3-5-13(12)15/h6-10H,2-5H2,1H3/q+1/b12-10-. The van der Waals surface area contributed by atoms with Crippen molar-refractivity contribution in [1.82, 2.24) is 0 Å². The fourth-order valence-electron chi connectivity index (χ4n) is 1.86. The lowest BCUT2D eigenvalue weighted by Crippen LogP contribution is -2.25. The molecule has 1 aliphatic carbocycles. The minimum absolute atomic E-state index is 0.328. The van der Waals surface area contributed by atoms with Crippen LogP contribution in [0.25, 0.3) is 6.08 Å². The number of allylic oxidation sites excluding steroid dienone is 1. The zero-order valence-electron chi connectivity index (χ0n) is 9.07. The van der Waals surface area contributed by atoms with Gasteiger partial charge >= 0.3 is 0 Å². The number of Topliss-reactive ketones (excluding diaryl/α,β-unsaturated/α-hetero) is 1. The van der Waals surface area contributed by atoms with Crippen molar-refractivity contribution in [1.29, 1.82) is 0 Å². The SMILES string of the molecule is C[n+]1ccc(/C=C2/CCCCC2=O)cc1. The van der Waals surface area contributed by atoms with Crippen molar-refractivity contribution in [2.24, 2.45) is 7.05 Å². The first-order chi connectivity index (χ1) is 7.25. The van der Waals surface area contributed by atoms with Gasteiger partial charge in [0.05, 0.1) is 0 Å². The third-order valence-electron chi connectivity index (χ3n) is 2.80. The van der Waals surface area contributed by atoms with Crippen LogP contribution in [-0.4, -0.2) is 5.78 Å². The number of ketones is 1. The molecule has 0 aromatic carbocycles. The third kappa shape index (κ3) is 2.52. The highest BCUT2D eigenvalue weighted by atomic mass is 16.1. The van der Waals surface area contributed by atoms with E-state index in [9.17, 15) is 4.79 Å². The minimum atomic E-state index is 0.328. The monoisotopic (exact) mass is 202 g/mol. The van der Waals surface area contributed by atoms with Crippen LogP contribution in [0.15, 0.2) is 30.1 Å². The molecule has 0 amide bonds. The summed E-state index contributed by atoms with van der Waals surface area (Å²) >= 11 is 0. The lowest BCUT2D eigenvalue weighted by atomic mass is 9.92. The highest BCUT2D eigenvalue weighted by Gasteiger charge is 2.14. The Morgan fingerprint density at radius 1 is 1.20 bits per heavy atom. The van der Waals surface area contributed by atoms with E-state index in [1.54, 1.807) is 0 Å². The summed E-state index contributed by atoms with van der Waals surface area (Å²) in [5, 5.41) is 0. The van der Waals surface area contributed by atoms with Gasteiger partial charge in [0.2, 0.25) is 0 Å². The third-order valence-corrected chi connectivity index (χ3v) is 2.80. The Bertz CT molecular complexity index is 390. The molecule has 0 saturated heterocycles. The van der Waals surface area contributed by atoms with Gasteiger partial charge in [0.15, 0.2) is 18.2 Å². The maximum atomic E-state index is 11.6.